The van der Waals surface area contributed by atoms with Crippen LogP contribution in [0, 0.1) is 0 Å². The molecule has 8 heteroatoms. The fraction of sp³-hybridized carbons (Fsp3) is 0.136. The van der Waals surface area contributed by atoms with Crippen molar-refractivity contribution in [3.63, 3.8) is 0 Å². The second-order valence-electron chi connectivity index (χ2n) is 6.50. The van der Waals surface area contributed by atoms with Gasteiger partial charge < -0.3 is 5.32 Å². The van der Waals surface area contributed by atoms with Gasteiger partial charge in [-0.15, -0.1) is 0 Å². The average molecular weight is 463 g/mol. The highest BCUT2D eigenvalue weighted by molar-refractivity contribution is 7.92. The maximum absolute atomic E-state index is 13.3. The lowest BCUT2D eigenvalue weighted by atomic mass is 10.1. The zero-order valence-electron chi connectivity index (χ0n) is 16.2. The predicted molar refractivity (Wildman–Crippen MR) is 122 cm³/mol. The summed E-state index contributed by atoms with van der Waals surface area (Å²) in [6.07, 6.45) is 0.880. The first-order valence-corrected chi connectivity index (χ1v) is 11.4. The molecule has 1 N–H and O–H groups in total. The average Bonchev–Trinajstić information content (AvgIpc) is 2.75. The summed E-state index contributed by atoms with van der Waals surface area (Å²) in [5, 5.41) is 2.98. The van der Waals surface area contributed by atoms with Crippen LogP contribution in [0.5, 0.6) is 0 Å². The summed E-state index contributed by atoms with van der Waals surface area (Å²) < 4.78 is 27.6. The van der Waals surface area contributed by atoms with Crippen LogP contribution in [0.25, 0.3) is 0 Å². The number of hydrogen-bond acceptors (Lipinski definition) is 3. The number of carbonyl (C=O) groups excluding carboxylic acids is 1. The minimum Gasteiger partial charge on any atom is -0.325 e. The lowest BCUT2D eigenvalue weighted by molar-refractivity contribution is -0.114. The number of aryl methyl sites for hydroxylation is 1. The molecule has 5 nitrogen and oxygen atoms in total. The van der Waals surface area contributed by atoms with Gasteiger partial charge in [-0.25, -0.2) is 8.42 Å². The lowest BCUT2D eigenvalue weighted by Gasteiger charge is -2.25. The standard InChI is InChI=1S/C22H20Cl2N2O3S/c1-2-16-11-13-17(14-12-16)25-21(27)15-26(20-10-6-9-19(23)22(20)24)30(28,29)18-7-4-3-5-8-18/h3-14H,2,15H2,1H3,(H,25,27). The third-order valence-electron chi connectivity index (χ3n) is 4.46. The molecule has 0 spiro atoms. The van der Waals surface area contributed by atoms with E-state index in [0.29, 0.717) is 5.69 Å². The van der Waals surface area contributed by atoms with Crippen molar-refractivity contribution < 1.29 is 13.2 Å². The van der Waals surface area contributed by atoms with Crippen molar-refractivity contribution >= 4 is 50.5 Å². The van der Waals surface area contributed by atoms with Crippen molar-refractivity contribution in [2.75, 3.05) is 16.2 Å². The molecule has 0 radical (unpaired) electrons. The Labute approximate surface area is 186 Å². The summed E-state index contributed by atoms with van der Waals surface area (Å²) in [4.78, 5) is 12.8. The summed E-state index contributed by atoms with van der Waals surface area (Å²) >= 11 is 12.4. The second-order valence-corrected chi connectivity index (χ2v) is 9.14. The molecule has 1 amide bonds. The number of benzene rings is 3. The minimum atomic E-state index is -4.06. The van der Waals surface area contributed by atoms with E-state index in [-0.39, 0.29) is 20.6 Å². The SMILES string of the molecule is CCc1ccc(NC(=O)CN(c2cccc(Cl)c2Cl)S(=O)(=O)c2ccccc2)cc1. The maximum atomic E-state index is 13.3. The van der Waals surface area contributed by atoms with E-state index in [0.717, 1.165) is 16.3 Å². The molecule has 0 aromatic heterocycles. The normalized spacial score (nSPS) is 11.2. The van der Waals surface area contributed by atoms with Crippen molar-refractivity contribution in [3.05, 3.63) is 88.4 Å². The largest absolute Gasteiger partial charge is 0.325 e. The Morgan fingerprint density at radius 1 is 0.933 bits per heavy atom. The highest BCUT2D eigenvalue weighted by Crippen LogP contribution is 2.35. The summed E-state index contributed by atoms with van der Waals surface area (Å²) in [5.41, 5.74) is 1.84. The second kappa shape index (κ2) is 9.51. The van der Waals surface area contributed by atoms with E-state index in [4.69, 9.17) is 23.2 Å². The first kappa shape index (κ1) is 22.2. The zero-order valence-corrected chi connectivity index (χ0v) is 18.5. The predicted octanol–water partition coefficient (Wildman–Crippen LogP) is 5.39. The van der Waals surface area contributed by atoms with Crippen molar-refractivity contribution in [1.29, 1.82) is 0 Å². The van der Waals surface area contributed by atoms with Gasteiger partial charge in [0.25, 0.3) is 10.0 Å². The number of rotatable bonds is 7. The molecule has 3 aromatic carbocycles. The number of anilines is 2. The highest BCUT2D eigenvalue weighted by atomic mass is 35.5. The van der Waals surface area contributed by atoms with Crippen LogP contribution in [0.15, 0.2) is 77.7 Å². The fourth-order valence-corrected chi connectivity index (χ4v) is 4.76. The molecule has 0 aliphatic heterocycles. The molecular formula is C22H20Cl2N2O3S. The molecular weight excluding hydrogens is 443 g/mol. The Balaban J connectivity index is 1.95. The van der Waals surface area contributed by atoms with E-state index in [2.05, 4.69) is 5.32 Å². The monoisotopic (exact) mass is 462 g/mol. The third kappa shape index (κ3) is 4.95. The van der Waals surface area contributed by atoms with Gasteiger partial charge in [0.2, 0.25) is 5.91 Å². The molecule has 0 saturated heterocycles. The van der Waals surface area contributed by atoms with Gasteiger partial charge in [-0.05, 0) is 48.4 Å². The zero-order chi connectivity index (χ0) is 21.7. The van der Waals surface area contributed by atoms with Crippen LogP contribution >= 0.6 is 23.2 Å². The Hall–Kier alpha value is -2.54. The molecule has 3 aromatic rings. The number of hydrogen-bond donors (Lipinski definition) is 1. The molecule has 0 fully saturated rings. The van der Waals surface area contributed by atoms with Gasteiger partial charge in [0.15, 0.2) is 0 Å². The van der Waals surface area contributed by atoms with E-state index in [1.807, 2.05) is 19.1 Å². The Morgan fingerprint density at radius 2 is 1.60 bits per heavy atom. The maximum Gasteiger partial charge on any atom is 0.264 e. The number of nitrogens with one attached hydrogen (secondary N) is 1. The Bertz CT molecular complexity index is 1130. The van der Waals surface area contributed by atoms with Crippen molar-refractivity contribution in [1.82, 2.24) is 0 Å². The number of carbonyl (C=O) groups is 1. The highest BCUT2D eigenvalue weighted by Gasteiger charge is 2.29. The van der Waals surface area contributed by atoms with E-state index < -0.39 is 22.5 Å². The molecule has 0 unspecified atom stereocenters. The number of halogens is 2. The molecule has 156 valence electrons. The molecule has 0 heterocycles. The van der Waals surface area contributed by atoms with Crippen LogP contribution in [0.2, 0.25) is 10.0 Å². The first-order chi connectivity index (χ1) is 14.3. The molecule has 0 aliphatic carbocycles. The quantitative estimate of drug-likeness (QED) is 0.511. The molecule has 0 saturated carbocycles. The van der Waals surface area contributed by atoms with Gasteiger partial charge in [0, 0.05) is 5.69 Å². The number of amides is 1. The lowest BCUT2D eigenvalue weighted by Crippen LogP contribution is -2.38. The number of sulfonamides is 1. The molecule has 30 heavy (non-hydrogen) atoms. The van der Waals surface area contributed by atoms with E-state index in [1.165, 1.54) is 18.2 Å². The van der Waals surface area contributed by atoms with Crippen LogP contribution in [-0.2, 0) is 21.2 Å². The van der Waals surface area contributed by atoms with Crippen molar-refractivity contribution in [2.24, 2.45) is 0 Å². The van der Waals surface area contributed by atoms with Crippen LogP contribution in [0.3, 0.4) is 0 Å². The van der Waals surface area contributed by atoms with Crippen molar-refractivity contribution in [3.8, 4) is 0 Å². The molecule has 0 bridgehead atoms. The summed E-state index contributed by atoms with van der Waals surface area (Å²) in [6.45, 7) is 1.57. The molecule has 0 aliphatic rings. The summed E-state index contributed by atoms with van der Waals surface area (Å²) in [5.74, 6) is -0.505. The van der Waals surface area contributed by atoms with Crippen LogP contribution in [0.1, 0.15) is 12.5 Å². The van der Waals surface area contributed by atoms with E-state index >= 15 is 0 Å². The van der Waals surface area contributed by atoms with Crippen LogP contribution < -0.4 is 9.62 Å². The first-order valence-electron chi connectivity index (χ1n) is 9.23. The Morgan fingerprint density at radius 3 is 2.23 bits per heavy atom. The van der Waals surface area contributed by atoms with Gasteiger partial charge >= 0.3 is 0 Å². The summed E-state index contributed by atoms with van der Waals surface area (Å²) in [7, 11) is -4.06. The van der Waals surface area contributed by atoms with Crippen LogP contribution in [0.4, 0.5) is 11.4 Å². The van der Waals surface area contributed by atoms with Gasteiger partial charge in [-0.1, -0.05) is 66.5 Å². The van der Waals surface area contributed by atoms with Gasteiger partial charge in [-0.3, -0.25) is 9.10 Å². The van der Waals surface area contributed by atoms with Gasteiger partial charge in [-0.2, -0.15) is 0 Å². The molecule has 3 rings (SSSR count). The third-order valence-corrected chi connectivity index (χ3v) is 7.05. The summed E-state index contributed by atoms with van der Waals surface area (Å²) in [6, 6.07) is 19.9. The smallest absolute Gasteiger partial charge is 0.264 e. The van der Waals surface area contributed by atoms with Gasteiger partial charge in [0.05, 0.1) is 20.6 Å². The van der Waals surface area contributed by atoms with Crippen LogP contribution in [-0.4, -0.2) is 20.9 Å². The van der Waals surface area contributed by atoms with E-state index in [9.17, 15) is 13.2 Å². The Kier molecular flexibility index (Phi) is 7.02. The molecule has 0 atom stereocenters. The van der Waals surface area contributed by atoms with E-state index in [1.54, 1.807) is 42.5 Å². The van der Waals surface area contributed by atoms with Gasteiger partial charge in [0.1, 0.15) is 6.54 Å². The minimum absolute atomic E-state index is 0.0427. The van der Waals surface area contributed by atoms with Crippen molar-refractivity contribution in [2.45, 2.75) is 18.2 Å². The topological polar surface area (TPSA) is 66.5 Å². The fourth-order valence-electron chi connectivity index (χ4n) is 2.86. The number of nitrogens with zero attached hydrogens (tertiary/aromatic N) is 1.